The van der Waals surface area contributed by atoms with E-state index in [0.29, 0.717) is 24.7 Å². The van der Waals surface area contributed by atoms with Crippen LogP contribution in [-0.2, 0) is 4.74 Å². The third-order valence-corrected chi connectivity index (χ3v) is 4.36. The first kappa shape index (κ1) is 17.2. The summed E-state index contributed by atoms with van der Waals surface area (Å²) in [5.74, 6) is -0.344. The number of halogens is 1. The minimum absolute atomic E-state index is 0.118. The van der Waals surface area contributed by atoms with Crippen LogP contribution in [0.3, 0.4) is 0 Å². The molecule has 2 aromatic carbocycles. The Balaban J connectivity index is 1.82. The number of amides is 1. The molecule has 1 unspecified atom stereocenters. The average Bonchev–Trinajstić information content (AvgIpc) is 2.62. The zero-order chi connectivity index (χ0) is 18.0. The SMILES string of the molecule is Nc1c(C(=O)N2CCOC(c3ccc(Cl)cc3)C2)cccc1[N+](=O)[O-]. The molecule has 3 rings (SSSR count). The molecule has 0 aliphatic carbocycles. The predicted octanol–water partition coefficient (Wildman–Crippen LogP) is 3.04. The molecule has 8 heteroatoms. The van der Waals surface area contributed by atoms with Crippen LogP contribution in [0.2, 0.25) is 5.02 Å². The largest absolute Gasteiger partial charge is 0.393 e. The summed E-state index contributed by atoms with van der Waals surface area (Å²) in [7, 11) is 0. The van der Waals surface area contributed by atoms with Crippen molar-refractivity contribution in [3.05, 3.63) is 68.7 Å². The Morgan fingerprint density at radius 1 is 1.28 bits per heavy atom. The summed E-state index contributed by atoms with van der Waals surface area (Å²) < 4.78 is 5.74. The Kier molecular flexibility index (Phi) is 4.87. The number of anilines is 1. The van der Waals surface area contributed by atoms with E-state index in [0.717, 1.165) is 5.56 Å². The standard InChI is InChI=1S/C17H16ClN3O4/c18-12-6-4-11(5-7-12)15-10-20(8-9-25-15)17(22)13-2-1-3-14(16(13)19)21(23)24/h1-7,15H,8-10,19H2. The molecule has 0 bridgehead atoms. The third kappa shape index (κ3) is 3.57. The summed E-state index contributed by atoms with van der Waals surface area (Å²) in [6.07, 6.45) is -0.283. The van der Waals surface area contributed by atoms with Gasteiger partial charge in [0.2, 0.25) is 0 Å². The topological polar surface area (TPSA) is 98.7 Å². The summed E-state index contributed by atoms with van der Waals surface area (Å²) >= 11 is 5.89. The number of carbonyl (C=O) groups is 1. The van der Waals surface area contributed by atoms with Gasteiger partial charge in [-0.25, -0.2) is 0 Å². The summed E-state index contributed by atoms with van der Waals surface area (Å²) in [4.78, 5) is 24.8. The highest BCUT2D eigenvalue weighted by atomic mass is 35.5. The summed E-state index contributed by atoms with van der Waals surface area (Å²) in [5, 5.41) is 11.6. The van der Waals surface area contributed by atoms with Crippen LogP contribution >= 0.6 is 11.6 Å². The van der Waals surface area contributed by atoms with E-state index >= 15 is 0 Å². The fourth-order valence-corrected chi connectivity index (χ4v) is 2.91. The maximum atomic E-state index is 12.8. The number of benzene rings is 2. The van der Waals surface area contributed by atoms with Gasteiger partial charge in [0.25, 0.3) is 11.6 Å². The number of nitro benzene ring substituents is 1. The summed E-state index contributed by atoms with van der Waals surface area (Å²) in [5.41, 5.74) is 6.47. The highest BCUT2D eigenvalue weighted by Crippen LogP contribution is 2.28. The molecular formula is C17H16ClN3O4. The molecule has 1 atom stereocenters. The number of ether oxygens (including phenoxy) is 1. The maximum absolute atomic E-state index is 12.8. The van der Waals surface area contributed by atoms with Gasteiger partial charge >= 0.3 is 0 Å². The number of morpholine rings is 1. The highest BCUT2D eigenvalue weighted by molar-refractivity contribution is 6.30. The van der Waals surface area contributed by atoms with Crippen LogP contribution in [0.25, 0.3) is 0 Å². The predicted molar refractivity (Wildman–Crippen MR) is 93.6 cm³/mol. The molecule has 1 aliphatic rings. The molecule has 2 N–H and O–H groups in total. The zero-order valence-electron chi connectivity index (χ0n) is 13.2. The normalized spacial score (nSPS) is 17.3. The summed E-state index contributed by atoms with van der Waals surface area (Å²) in [6, 6.07) is 11.5. The molecule has 1 heterocycles. The van der Waals surface area contributed by atoms with E-state index in [-0.39, 0.29) is 28.9 Å². The van der Waals surface area contributed by atoms with Crippen LogP contribution in [0.15, 0.2) is 42.5 Å². The van der Waals surface area contributed by atoms with Crippen molar-refractivity contribution in [3.63, 3.8) is 0 Å². The number of para-hydroxylation sites is 1. The van der Waals surface area contributed by atoms with Crippen molar-refractivity contribution in [2.45, 2.75) is 6.10 Å². The number of nitro groups is 1. The molecule has 1 saturated heterocycles. The first-order valence-electron chi connectivity index (χ1n) is 7.66. The fourth-order valence-electron chi connectivity index (χ4n) is 2.78. The molecule has 7 nitrogen and oxygen atoms in total. The van der Waals surface area contributed by atoms with Crippen molar-refractivity contribution in [3.8, 4) is 0 Å². The number of hydrogen-bond donors (Lipinski definition) is 1. The lowest BCUT2D eigenvalue weighted by Gasteiger charge is -2.33. The van der Waals surface area contributed by atoms with E-state index in [1.807, 2.05) is 12.1 Å². The Morgan fingerprint density at radius 3 is 2.68 bits per heavy atom. The third-order valence-electron chi connectivity index (χ3n) is 4.11. The fraction of sp³-hybridized carbons (Fsp3) is 0.235. The first-order chi connectivity index (χ1) is 12.0. The van der Waals surface area contributed by atoms with Crippen LogP contribution < -0.4 is 5.73 Å². The van der Waals surface area contributed by atoms with Crippen molar-refractivity contribution < 1.29 is 14.5 Å². The van der Waals surface area contributed by atoms with Gasteiger partial charge in [0.1, 0.15) is 11.8 Å². The first-order valence-corrected chi connectivity index (χ1v) is 8.04. The molecule has 1 fully saturated rings. The Bertz CT molecular complexity index is 810. The second kappa shape index (κ2) is 7.08. The van der Waals surface area contributed by atoms with Gasteiger partial charge in [0.05, 0.1) is 23.6 Å². The average molecular weight is 362 g/mol. The van der Waals surface area contributed by atoms with Crippen molar-refractivity contribution in [2.75, 3.05) is 25.4 Å². The van der Waals surface area contributed by atoms with E-state index in [2.05, 4.69) is 0 Å². The number of nitrogen functional groups attached to an aromatic ring is 1. The second-order valence-electron chi connectivity index (χ2n) is 5.66. The number of nitrogens with zero attached hydrogens (tertiary/aromatic N) is 2. The van der Waals surface area contributed by atoms with Gasteiger partial charge in [-0.1, -0.05) is 29.8 Å². The molecule has 1 aliphatic heterocycles. The molecule has 0 saturated carbocycles. The van der Waals surface area contributed by atoms with E-state index in [1.165, 1.54) is 18.2 Å². The molecule has 0 aromatic heterocycles. The van der Waals surface area contributed by atoms with E-state index in [9.17, 15) is 14.9 Å². The van der Waals surface area contributed by atoms with Crippen LogP contribution in [0.5, 0.6) is 0 Å². The lowest BCUT2D eigenvalue weighted by molar-refractivity contribution is -0.383. The van der Waals surface area contributed by atoms with Crippen molar-refractivity contribution in [1.82, 2.24) is 4.90 Å². The molecule has 130 valence electrons. The van der Waals surface area contributed by atoms with Gasteiger partial charge in [0.15, 0.2) is 0 Å². The smallest absolute Gasteiger partial charge is 0.292 e. The summed E-state index contributed by atoms with van der Waals surface area (Å²) in [6.45, 7) is 1.10. The number of nitrogens with two attached hydrogens (primary N) is 1. The molecule has 2 aromatic rings. The lowest BCUT2D eigenvalue weighted by atomic mass is 10.1. The number of rotatable bonds is 3. The number of hydrogen-bond acceptors (Lipinski definition) is 5. The Hall–Kier alpha value is -2.64. The zero-order valence-corrected chi connectivity index (χ0v) is 14.0. The van der Waals surface area contributed by atoms with Gasteiger partial charge in [-0.3, -0.25) is 14.9 Å². The molecule has 0 spiro atoms. The quantitative estimate of drug-likeness (QED) is 0.514. The molecule has 0 radical (unpaired) electrons. The van der Waals surface area contributed by atoms with E-state index in [4.69, 9.17) is 22.1 Å². The molecule has 1 amide bonds. The highest BCUT2D eigenvalue weighted by Gasteiger charge is 2.28. The minimum atomic E-state index is -0.595. The van der Waals surface area contributed by atoms with Crippen LogP contribution in [0.1, 0.15) is 22.0 Å². The monoisotopic (exact) mass is 361 g/mol. The Labute approximate surface area is 149 Å². The van der Waals surface area contributed by atoms with Gasteiger partial charge in [-0.05, 0) is 23.8 Å². The van der Waals surface area contributed by atoms with Crippen molar-refractivity contribution in [1.29, 1.82) is 0 Å². The van der Waals surface area contributed by atoms with Gasteiger partial charge < -0.3 is 15.4 Å². The van der Waals surface area contributed by atoms with Crippen molar-refractivity contribution >= 4 is 28.9 Å². The second-order valence-corrected chi connectivity index (χ2v) is 6.09. The maximum Gasteiger partial charge on any atom is 0.292 e. The van der Waals surface area contributed by atoms with Crippen LogP contribution in [0, 0.1) is 10.1 Å². The van der Waals surface area contributed by atoms with Crippen LogP contribution in [0.4, 0.5) is 11.4 Å². The number of carbonyl (C=O) groups excluding carboxylic acids is 1. The molecular weight excluding hydrogens is 346 g/mol. The Morgan fingerprint density at radius 2 is 2.00 bits per heavy atom. The lowest BCUT2D eigenvalue weighted by Crippen LogP contribution is -2.42. The van der Waals surface area contributed by atoms with Gasteiger partial charge in [0, 0.05) is 17.6 Å². The van der Waals surface area contributed by atoms with E-state index in [1.54, 1.807) is 17.0 Å². The van der Waals surface area contributed by atoms with E-state index < -0.39 is 4.92 Å². The van der Waals surface area contributed by atoms with Gasteiger partial charge in [-0.15, -0.1) is 0 Å². The van der Waals surface area contributed by atoms with Crippen LogP contribution in [-0.4, -0.2) is 35.4 Å². The van der Waals surface area contributed by atoms with Crippen molar-refractivity contribution in [2.24, 2.45) is 0 Å². The minimum Gasteiger partial charge on any atom is -0.393 e. The molecule has 25 heavy (non-hydrogen) atoms. The van der Waals surface area contributed by atoms with Gasteiger partial charge in [-0.2, -0.15) is 0 Å².